The first-order valence-corrected chi connectivity index (χ1v) is 12.4. The Bertz CT molecular complexity index is 1100. The number of fused-ring (bicyclic) bond motifs is 1. The first-order chi connectivity index (χ1) is 17.2. The molecule has 1 atom stereocenters. The van der Waals surface area contributed by atoms with E-state index in [-0.39, 0.29) is 17.9 Å². The number of para-hydroxylation sites is 1. The van der Waals surface area contributed by atoms with Gasteiger partial charge in [-0.2, -0.15) is 0 Å². The lowest BCUT2D eigenvalue weighted by molar-refractivity contribution is 0.0605. The van der Waals surface area contributed by atoms with Crippen molar-refractivity contribution in [2.45, 2.75) is 38.6 Å². The number of ether oxygens (including phenoxy) is 1. The number of hydrogen-bond donors (Lipinski definition) is 0. The average molecular weight is 472 g/mol. The largest absolute Gasteiger partial charge is 0.491 e. The second-order valence-corrected chi connectivity index (χ2v) is 8.83. The molecule has 3 aromatic rings. The molecule has 0 aliphatic carbocycles. The van der Waals surface area contributed by atoms with Gasteiger partial charge < -0.3 is 14.5 Å². The minimum atomic E-state index is -0.191. The quantitative estimate of drug-likeness (QED) is 0.545. The number of nitrogens with zero attached hydrogens (tertiary/aromatic N) is 3. The van der Waals surface area contributed by atoms with Crippen molar-refractivity contribution >= 4 is 11.8 Å². The van der Waals surface area contributed by atoms with E-state index in [2.05, 4.69) is 17.1 Å². The standard InChI is InChI=1S/C29H33N3O3/c1-2-31-19-9-4-10-20-32(28(33)24-15-17-30-18-16-24)25(21-23-11-5-3-6-12-23)22-35-27-14-8-7-13-26(27)29(31)34/h3,5-8,11-18,25H,2,4,9-10,19-22H2,1H3/t25-/m0/s1. The van der Waals surface area contributed by atoms with Crippen LogP contribution in [0.25, 0.3) is 0 Å². The predicted octanol–water partition coefficient (Wildman–Crippen LogP) is 4.86. The van der Waals surface area contributed by atoms with E-state index >= 15 is 0 Å². The van der Waals surface area contributed by atoms with Crippen molar-refractivity contribution in [1.82, 2.24) is 14.8 Å². The fraction of sp³-hybridized carbons (Fsp3) is 0.345. The molecule has 0 bridgehead atoms. The molecule has 2 heterocycles. The van der Waals surface area contributed by atoms with Crippen LogP contribution in [-0.4, -0.2) is 58.9 Å². The summed E-state index contributed by atoms with van der Waals surface area (Å²) in [4.78, 5) is 34.8. The molecule has 6 heteroatoms. The van der Waals surface area contributed by atoms with Gasteiger partial charge in [0.1, 0.15) is 12.4 Å². The zero-order chi connectivity index (χ0) is 24.5. The first-order valence-electron chi connectivity index (χ1n) is 12.4. The van der Waals surface area contributed by atoms with Crippen molar-refractivity contribution in [3.05, 3.63) is 95.8 Å². The summed E-state index contributed by atoms with van der Waals surface area (Å²) in [7, 11) is 0. The highest BCUT2D eigenvalue weighted by molar-refractivity contribution is 5.97. The van der Waals surface area contributed by atoms with E-state index < -0.39 is 0 Å². The van der Waals surface area contributed by atoms with E-state index in [4.69, 9.17) is 4.74 Å². The van der Waals surface area contributed by atoms with Gasteiger partial charge in [0.2, 0.25) is 0 Å². The fourth-order valence-corrected chi connectivity index (χ4v) is 4.55. The smallest absolute Gasteiger partial charge is 0.257 e. The van der Waals surface area contributed by atoms with Crippen LogP contribution in [0.4, 0.5) is 0 Å². The van der Waals surface area contributed by atoms with E-state index in [9.17, 15) is 9.59 Å². The maximum Gasteiger partial charge on any atom is 0.257 e. The molecule has 0 spiro atoms. The number of aromatic nitrogens is 1. The summed E-state index contributed by atoms with van der Waals surface area (Å²) < 4.78 is 6.31. The van der Waals surface area contributed by atoms with Gasteiger partial charge in [0.15, 0.2) is 0 Å². The van der Waals surface area contributed by atoms with E-state index in [1.54, 1.807) is 24.5 Å². The van der Waals surface area contributed by atoms with Gasteiger partial charge in [-0.15, -0.1) is 0 Å². The number of hydrogen-bond acceptors (Lipinski definition) is 4. The minimum absolute atomic E-state index is 0.00771. The Kier molecular flexibility index (Phi) is 8.49. The van der Waals surface area contributed by atoms with Gasteiger partial charge in [-0.1, -0.05) is 42.5 Å². The summed E-state index contributed by atoms with van der Waals surface area (Å²) in [5.74, 6) is 0.530. The summed E-state index contributed by atoms with van der Waals surface area (Å²) in [5, 5.41) is 0. The second kappa shape index (κ2) is 12.2. The molecule has 0 saturated heterocycles. The Labute approximate surface area is 207 Å². The van der Waals surface area contributed by atoms with Gasteiger partial charge >= 0.3 is 0 Å². The highest BCUT2D eigenvalue weighted by Gasteiger charge is 2.27. The van der Waals surface area contributed by atoms with Crippen molar-refractivity contribution < 1.29 is 14.3 Å². The fourth-order valence-electron chi connectivity index (χ4n) is 4.55. The number of pyridine rings is 1. The number of amides is 2. The van der Waals surface area contributed by atoms with E-state index in [0.717, 1.165) is 24.8 Å². The van der Waals surface area contributed by atoms with Crippen molar-refractivity contribution in [3.8, 4) is 5.75 Å². The molecule has 0 N–H and O–H groups in total. The molecule has 35 heavy (non-hydrogen) atoms. The van der Waals surface area contributed by atoms with Crippen molar-refractivity contribution in [1.29, 1.82) is 0 Å². The summed E-state index contributed by atoms with van der Waals surface area (Å²) >= 11 is 0. The second-order valence-electron chi connectivity index (χ2n) is 8.83. The highest BCUT2D eigenvalue weighted by Crippen LogP contribution is 2.23. The molecule has 1 aromatic heterocycles. The van der Waals surface area contributed by atoms with Crippen LogP contribution in [0.3, 0.4) is 0 Å². The summed E-state index contributed by atoms with van der Waals surface area (Å²) in [6.07, 6.45) is 6.65. The molecule has 1 aliphatic heterocycles. The maximum atomic E-state index is 13.7. The van der Waals surface area contributed by atoms with Crippen molar-refractivity contribution in [3.63, 3.8) is 0 Å². The van der Waals surface area contributed by atoms with Gasteiger partial charge in [-0.3, -0.25) is 14.6 Å². The van der Waals surface area contributed by atoms with Crippen molar-refractivity contribution in [2.75, 3.05) is 26.2 Å². The third-order valence-corrected chi connectivity index (χ3v) is 6.49. The predicted molar refractivity (Wildman–Crippen MR) is 137 cm³/mol. The molecule has 182 valence electrons. The van der Waals surface area contributed by atoms with Crippen LogP contribution < -0.4 is 4.74 Å². The van der Waals surface area contributed by atoms with Gasteiger partial charge in [-0.05, 0) is 62.4 Å². The van der Waals surface area contributed by atoms with E-state index in [0.29, 0.717) is 49.5 Å². The molecule has 6 nitrogen and oxygen atoms in total. The molecular formula is C29H33N3O3. The van der Waals surface area contributed by atoms with Crippen LogP contribution in [0.2, 0.25) is 0 Å². The molecule has 4 rings (SSSR count). The highest BCUT2D eigenvalue weighted by atomic mass is 16.5. The van der Waals surface area contributed by atoms with Gasteiger partial charge in [0.25, 0.3) is 11.8 Å². The topological polar surface area (TPSA) is 62.7 Å². The van der Waals surface area contributed by atoms with Crippen LogP contribution in [0.5, 0.6) is 5.75 Å². The minimum Gasteiger partial charge on any atom is -0.491 e. The number of carbonyl (C=O) groups is 2. The first kappa shape index (κ1) is 24.5. The maximum absolute atomic E-state index is 13.7. The molecular weight excluding hydrogens is 438 g/mol. The van der Waals surface area contributed by atoms with Gasteiger partial charge in [0, 0.05) is 37.6 Å². The van der Waals surface area contributed by atoms with E-state index in [1.807, 2.05) is 59.2 Å². The normalized spacial score (nSPS) is 17.4. The molecule has 1 aliphatic rings. The van der Waals surface area contributed by atoms with E-state index in [1.165, 1.54) is 0 Å². The van der Waals surface area contributed by atoms with Gasteiger partial charge in [-0.25, -0.2) is 0 Å². The molecule has 2 aromatic carbocycles. The molecule has 2 amide bonds. The van der Waals surface area contributed by atoms with Crippen LogP contribution >= 0.6 is 0 Å². The van der Waals surface area contributed by atoms with Gasteiger partial charge in [0.05, 0.1) is 11.6 Å². The van der Waals surface area contributed by atoms with Crippen LogP contribution in [0.1, 0.15) is 52.5 Å². The van der Waals surface area contributed by atoms with Crippen molar-refractivity contribution in [2.24, 2.45) is 0 Å². The molecule has 0 unspecified atom stereocenters. The number of carbonyl (C=O) groups excluding carboxylic acids is 2. The lowest BCUT2D eigenvalue weighted by atomic mass is 10.0. The molecule has 0 fully saturated rings. The zero-order valence-corrected chi connectivity index (χ0v) is 20.3. The number of benzene rings is 2. The average Bonchev–Trinajstić information content (AvgIpc) is 2.92. The Morgan fingerprint density at radius 1 is 0.943 bits per heavy atom. The Hall–Kier alpha value is -3.67. The lowest BCUT2D eigenvalue weighted by Gasteiger charge is -2.32. The summed E-state index contributed by atoms with van der Waals surface area (Å²) in [6, 6.07) is 20.9. The monoisotopic (exact) mass is 471 g/mol. The third kappa shape index (κ3) is 6.27. The van der Waals surface area contributed by atoms with Crippen LogP contribution in [-0.2, 0) is 6.42 Å². The number of rotatable bonds is 4. The lowest BCUT2D eigenvalue weighted by Crippen LogP contribution is -2.45. The Morgan fingerprint density at radius 2 is 1.66 bits per heavy atom. The molecule has 0 saturated carbocycles. The molecule has 0 radical (unpaired) electrons. The third-order valence-electron chi connectivity index (χ3n) is 6.49. The van der Waals surface area contributed by atoms with Crippen LogP contribution in [0.15, 0.2) is 79.1 Å². The Morgan fingerprint density at radius 3 is 2.43 bits per heavy atom. The summed E-state index contributed by atoms with van der Waals surface area (Å²) in [5.41, 5.74) is 2.33. The van der Waals surface area contributed by atoms with Crippen LogP contribution in [0, 0.1) is 0 Å². The zero-order valence-electron chi connectivity index (χ0n) is 20.3. The summed E-state index contributed by atoms with van der Waals surface area (Å²) in [6.45, 7) is 4.27. The SMILES string of the molecule is CCN1CCCCCN(C(=O)c2ccncc2)[C@@H](Cc2ccccc2)COc2ccccc2C1=O. The Balaban J connectivity index is 1.68.